The van der Waals surface area contributed by atoms with Crippen molar-refractivity contribution in [3.05, 3.63) is 29.8 Å². The molecule has 0 radical (unpaired) electrons. The minimum absolute atomic E-state index is 0.0641. The Hall–Kier alpha value is -2.13. The molecule has 2 amide bonds. The third-order valence-electron chi connectivity index (χ3n) is 5.01. The van der Waals surface area contributed by atoms with Crippen LogP contribution in [0, 0.1) is 12.8 Å². The molecule has 1 aliphatic heterocycles. The predicted molar refractivity (Wildman–Crippen MR) is 117 cm³/mol. The van der Waals surface area contributed by atoms with Crippen molar-refractivity contribution < 1.29 is 26.9 Å². The van der Waals surface area contributed by atoms with Crippen molar-refractivity contribution in [3.8, 4) is 0 Å². The van der Waals surface area contributed by atoms with Crippen LogP contribution < -0.4 is 5.32 Å². The molecule has 1 unspecified atom stereocenters. The molecule has 1 saturated heterocycles. The molecule has 1 N–H and O–H groups in total. The van der Waals surface area contributed by atoms with Gasteiger partial charge in [-0.05, 0) is 71.9 Å². The molecule has 1 heterocycles. The lowest BCUT2D eigenvalue weighted by Gasteiger charge is -2.34. The lowest BCUT2D eigenvalue weighted by molar-refractivity contribution is -0.135. The molecule has 8 nitrogen and oxygen atoms in total. The molecule has 1 aliphatic rings. The summed E-state index contributed by atoms with van der Waals surface area (Å²) in [4.78, 5) is 26.5. The molecule has 1 aromatic carbocycles. The van der Waals surface area contributed by atoms with Crippen LogP contribution in [0.1, 0.15) is 52.5 Å². The van der Waals surface area contributed by atoms with Crippen molar-refractivity contribution in [1.29, 1.82) is 0 Å². The van der Waals surface area contributed by atoms with Crippen LogP contribution in [-0.4, -0.2) is 56.7 Å². The van der Waals surface area contributed by atoms with Gasteiger partial charge < -0.3 is 15.0 Å². The van der Waals surface area contributed by atoms with Gasteiger partial charge in [0.25, 0.3) is 10.1 Å². The molecule has 31 heavy (non-hydrogen) atoms. The van der Waals surface area contributed by atoms with E-state index in [-0.39, 0.29) is 23.3 Å². The van der Waals surface area contributed by atoms with Gasteiger partial charge in [-0.1, -0.05) is 17.7 Å². The Morgan fingerprint density at radius 1 is 1.23 bits per heavy atom. The highest BCUT2D eigenvalue weighted by Crippen LogP contribution is 2.22. The van der Waals surface area contributed by atoms with Crippen LogP contribution in [0.3, 0.4) is 0 Å². The number of likely N-dealkylation sites (tertiary alicyclic amines) is 1. The third-order valence-corrected chi connectivity index (χ3v) is 6.34. The van der Waals surface area contributed by atoms with Gasteiger partial charge in [0, 0.05) is 13.1 Å². The zero-order valence-corrected chi connectivity index (χ0v) is 19.8. The number of carbonyl (C=O) groups is 2. The molecule has 0 saturated carbocycles. The molecular formula is C22H34N2O6S. The lowest BCUT2D eigenvalue weighted by Crippen LogP contribution is -2.50. The molecule has 0 aromatic heterocycles. The SMILES string of the molecule is Cc1ccc(S(=O)(=O)OCCC2CCCN(C(=O)[C@H](C)NC(=O)OC(C)(C)C)C2)cc1. The van der Waals surface area contributed by atoms with E-state index in [1.165, 1.54) is 12.1 Å². The van der Waals surface area contributed by atoms with E-state index in [1.807, 2.05) is 6.92 Å². The third kappa shape index (κ3) is 8.14. The maximum atomic E-state index is 12.7. The number of carbonyl (C=O) groups excluding carboxylic acids is 2. The summed E-state index contributed by atoms with van der Waals surface area (Å²) >= 11 is 0. The highest BCUT2D eigenvalue weighted by molar-refractivity contribution is 7.86. The van der Waals surface area contributed by atoms with Gasteiger partial charge in [-0.3, -0.25) is 8.98 Å². The van der Waals surface area contributed by atoms with Crippen LogP contribution in [0.2, 0.25) is 0 Å². The monoisotopic (exact) mass is 454 g/mol. The molecule has 174 valence electrons. The number of alkyl carbamates (subject to hydrolysis) is 1. The number of nitrogens with one attached hydrogen (secondary N) is 1. The molecule has 0 spiro atoms. The molecule has 0 bridgehead atoms. The summed E-state index contributed by atoms with van der Waals surface area (Å²) in [7, 11) is -3.79. The Kier molecular flexibility index (Phi) is 8.48. The normalized spacial score (nSPS) is 18.4. The van der Waals surface area contributed by atoms with Gasteiger partial charge in [0.1, 0.15) is 11.6 Å². The first-order chi connectivity index (χ1) is 14.4. The van der Waals surface area contributed by atoms with E-state index in [1.54, 1.807) is 44.7 Å². The first-order valence-electron chi connectivity index (χ1n) is 10.6. The van der Waals surface area contributed by atoms with Crippen molar-refractivity contribution in [2.24, 2.45) is 5.92 Å². The van der Waals surface area contributed by atoms with E-state index in [9.17, 15) is 18.0 Å². The maximum Gasteiger partial charge on any atom is 0.408 e. The van der Waals surface area contributed by atoms with Gasteiger partial charge in [-0.15, -0.1) is 0 Å². The van der Waals surface area contributed by atoms with E-state index in [0.29, 0.717) is 19.5 Å². The molecular weight excluding hydrogens is 420 g/mol. The smallest absolute Gasteiger partial charge is 0.408 e. The molecule has 1 aromatic rings. The zero-order valence-electron chi connectivity index (χ0n) is 19.0. The second kappa shape index (κ2) is 10.5. The van der Waals surface area contributed by atoms with E-state index in [0.717, 1.165) is 18.4 Å². The average Bonchev–Trinajstić information content (AvgIpc) is 2.66. The summed E-state index contributed by atoms with van der Waals surface area (Å²) in [5.74, 6) is -0.0385. The van der Waals surface area contributed by atoms with Gasteiger partial charge in [-0.2, -0.15) is 8.42 Å². The van der Waals surface area contributed by atoms with Crippen molar-refractivity contribution in [1.82, 2.24) is 10.2 Å². The average molecular weight is 455 g/mol. The first kappa shape index (κ1) is 25.1. The number of ether oxygens (including phenoxy) is 1. The van der Waals surface area contributed by atoms with Gasteiger partial charge in [0.05, 0.1) is 11.5 Å². The van der Waals surface area contributed by atoms with Gasteiger partial charge in [-0.25, -0.2) is 4.79 Å². The van der Waals surface area contributed by atoms with Crippen LogP contribution in [0.4, 0.5) is 4.79 Å². The summed E-state index contributed by atoms with van der Waals surface area (Å²) in [5, 5.41) is 2.58. The summed E-state index contributed by atoms with van der Waals surface area (Å²) in [6, 6.07) is 5.82. The molecule has 0 aliphatic carbocycles. The number of aryl methyl sites for hydroxylation is 1. The van der Waals surface area contributed by atoms with Gasteiger partial charge in [0.15, 0.2) is 0 Å². The van der Waals surface area contributed by atoms with E-state index >= 15 is 0 Å². The van der Waals surface area contributed by atoms with Crippen molar-refractivity contribution in [2.75, 3.05) is 19.7 Å². The number of amides is 2. The Bertz CT molecular complexity index is 861. The van der Waals surface area contributed by atoms with Gasteiger partial charge >= 0.3 is 6.09 Å². The molecule has 2 atom stereocenters. The van der Waals surface area contributed by atoms with E-state index < -0.39 is 27.9 Å². The minimum Gasteiger partial charge on any atom is -0.444 e. The quantitative estimate of drug-likeness (QED) is 0.635. The summed E-state index contributed by atoms with van der Waals surface area (Å²) in [6.45, 7) is 9.98. The largest absolute Gasteiger partial charge is 0.444 e. The van der Waals surface area contributed by atoms with Crippen LogP contribution in [0.25, 0.3) is 0 Å². The van der Waals surface area contributed by atoms with Crippen LogP contribution >= 0.6 is 0 Å². The van der Waals surface area contributed by atoms with Crippen LogP contribution in [0.15, 0.2) is 29.2 Å². The first-order valence-corrected chi connectivity index (χ1v) is 12.0. The Morgan fingerprint density at radius 3 is 2.48 bits per heavy atom. The Labute approximate surface area is 185 Å². The number of hydrogen-bond acceptors (Lipinski definition) is 6. The zero-order chi connectivity index (χ0) is 23.2. The number of hydrogen-bond donors (Lipinski definition) is 1. The van der Waals surface area contributed by atoms with E-state index in [4.69, 9.17) is 8.92 Å². The standard InChI is InChI=1S/C22H34N2O6S/c1-16-8-10-19(11-9-16)31(27,28)29-14-12-18-7-6-13-24(15-18)20(25)17(2)23-21(26)30-22(3,4)5/h8-11,17-18H,6-7,12-15H2,1-5H3,(H,23,26)/t17-,18?/m0/s1. The number of rotatable bonds is 7. The highest BCUT2D eigenvalue weighted by atomic mass is 32.2. The second-order valence-electron chi connectivity index (χ2n) is 9.04. The maximum absolute atomic E-state index is 12.7. The molecule has 2 rings (SSSR count). The summed E-state index contributed by atoms with van der Waals surface area (Å²) in [6.07, 6.45) is 1.62. The van der Waals surface area contributed by atoms with E-state index in [2.05, 4.69) is 5.32 Å². The second-order valence-corrected chi connectivity index (χ2v) is 10.7. The summed E-state index contributed by atoms with van der Waals surface area (Å²) in [5.41, 5.74) is 0.337. The fourth-order valence-electron chi connectivity index (χ4n) is 3.42. The fraction of sp³-hybridized carbons (Fsp3) is 0.636. The topological polar surface area (TPSA) is 102 Å². The molecule has 1 fully saturated rings. The number of benzene rings is 1. The van der Waals surface area contributed by atoms with Crippen molar-refractivity contribution in [3.63, 3.8) is 0 Å². The minimum atomic E-state index is -3.79. The number of nitrogens with zero attached hydrogens (tertiary/aromatic N) is 1. The Balaban J connectivity index is 1.83. The van der Waals surface area contributed by atoms with Crippen LogP contribution in [0.5, 0.6) is 0 Å². The fourth-order valence-corrected chi connectivity index (χ4v) is 4.34. The van der Waals surface area contributed by atoms with Crippen LogP contribution in [-0.2, 0) is 23.8 Å². The van der Waals surface area contributed by atoms with Crippen molar-refractivity contribution in [2.45, 2.75) is 70.4 Å². The molecule has 9 heteroatoms. The Morgan fingerprint density at radius 2 is 1.87 bits per heavy atom. The number of piperidine rings is 1. The lowest BCUT2D eigenvalue weighted by atomic mass is 9.95. The highest BCUT2D eigenvalue weighted by Gasteiger charge is 2.29. The van der Waals surface area contributed by atoms with Gasteiger partial charge in [0.2, 0.25) is 5.91 Å². The van der Waals surface area contributed by atoms with Crippen molar-refractivity contribution >= 4 is 22.1 Å². The predicted octanol–water partition coefficient (Wildman–Crippen LogP) is 3.24. The summed E-state index contributed by atoms with van der Waals surface area (Å²) < 4.78 is 35.0.